The summed E-state index contributed by atoms with van der Waals surface area (Å²) in [5, 5.41) is 30.6. The topological polar surface area (TPSA) is 147 Å². The number of aliphatic hydroxyl groups is 1. The molecule has 8 rings (SSSR count). The monoisotopic (exact) mass is 716 g/mol. The van der Waals surface area contributed by atoms with Gasteiger partial charge in [0, 0.05) is 42.2 Å². The average Bonchev–Trinajstić information content (AvgIpc) is 3.94. The predicted octanol–water partition coefficient (Wildman–Crippen LogP) is 5.98. The van der Waals surface area contributed by atoms with Crippen LogP contribution in [0, 0.1) is 31.1 Å². The van der Waals surface area contributed by atoms with Crippen molar-refractivity contribution >= 4 is 34.3 Å². The number of aromatic nitrogens is 2. The van der Waals surface area contributed by atoms with Gasteiger partial charge in [0.15, 0.2) is 5.58 Å². The molecule has 266 valence electrons. The first-order chi connectivity index (χ1) is 25.0. The Morgan fingerprint density at radius 1 is 1.02 bits per heavy atom. The lowest BCUT2D eigenvalue weighted by Gasteiger charge is -2.22. The number of benzene rings is 3. The van der Waals surface area contributed by atoms with E-state index in [0.717, 1.165) is 61.1 Å². The van der Waals surface area contributed by atoms with E-state index in [0.29, 0.717) is 81.2 Å². The fourth-order valence-corrected chi connectivity index (χ4v) is 9.10. The molecule has 2 fully saturated rings. The highest BCUT2D eigenvalue weighted by molar-refractivity contribution is 7.15. The zero-order chi connectivity index (χ0) is 36.3. The number of β-amino-alcohol motifs (C(OH)–C–C–N with tert-alkyl or cyclic N) is 1. The number of carbonyl (C=O) groups excluding carboxylic acids is 1. The number of oxazole rings is 1. The third kappa shape index (κ3) is 6.39. The molecule has 2 atom stereocenters. The Bertz CT molecular complexity index is 2260. The van der Waals surface area contributed by atoms with Crippen LogP contribution in [-0.2, 0) is 29.2 Å². The molecule has 5 aromatic rings. The van der Waals surface area contributed by atoms with Crippen molar-refractivity contribution in [3.63, 3.8) is 0 Å². The van der Waals surface area contributed by atoms with Crippen molar-refractivity contribution in [2.24, 2.45) is 5.92 Å². The number of amides is 1. The van der Waals surface area contributed by atoms with E-state index in [9.17, 15) is 25.1 Å². The van der Waals surface area contributed by atoms with Gasteiger partial charge in [0.1, 0.15) is 16.6 Å². The summed E-state index contributed by atoms with van der Waals surface area (Å²) in [6, 6.07) is 18.3. The molecule has 2 saturated heterocycles. The van der Waals surface area contributed by atoms with Gasteiger partial charge in [-0.25, -0.2) is 9.97 Å². The van der Waals surface area contributed by atoms with Gasteiger partial charge >= 0.3 is 5.97 Å². The minimum atomic E-state index is -0.769. The second-order valence-corrected chi connectivity index (χ2v) is 15.8. The molecule has 12 heteroatoms. The second kappa shape index (κ2) is 13.2. The lowest BCUT2D eigenvalue weighted by Crippen LogP contribution is -2.38. The maximum absolute atomic E-state index is 13.1. The Hall–Kier alpha value is -4.93. The third-order valence-corrected chi connectivity index (χ3v) is 11.9. The van der Waals surface area contributed by atoms with Gasteiger partial charge in [-0.3, -0.25) is 19.4 Å². The van der Waals surface area contributed by atoms with Gasteiger partial charge in [-0.05, 0) is 86.2 Å². The number of carboxylic acids is 1. The van der Waals surface area contributed by atoms with Crippen LogP contribution in [0.3, 0.4) is 0 Å². The Morgan fingerprint density at radius 2 is 1.75 bits per heavy atom. The molecular weight excluding hydrogens is 677 g/mol. The molecule has 0 radical (unpaired) electrons. The Morgan fingerprint density at radius 3 is 2.42 bits per heavy atom. The lowest BCUT2D eigenvalue weighted by molar-refractivity contribution is -0.141. The summed E-state index contributed by atoms with van der Waals surface area (Å²) >= 11 is 1.64. The summed E-state index contributed by atoms with van der Waals surface area (Å²) in [7, 11) is 0. The number of hydrogen-bond donors (Lipinski definition) is 2. The summed E-state index contributed by atoms with van der Waals surface area (Å²) in [4.78, 5) is 41.5. The van der Waals surface area contributed by atoms with Gasteiger partial charge in [0.2, 0.25) is 11.8 Å². The molecule has 3 aliphatic heterocycles. The third-order valence-electron chi connectivity index (χ3n) is 10.8. The minimum Gasteiger partial charge on any atom is -0.481 e. The van der Waals surface area contributed by atoms with Crippen LogP contribution in [0.4, 0.5) is 0 Å². The SMILES string of the molecule is Cc1c(-c2nc3cc(CN4CCC(C(=O)O)C4)cc(C#N)c3o2)cccc1-c1cccc(-c2nc3c(s2)CN(C(=O)CN2CCC(C)(O)C2)C3)c1C. The molecular formula is C40H40N6O5S. The number of fused-ring (bicyclic) bond motifs is 2. The molecule has 0 saturated carbocycles. The largest absolute Gasteiger partial charge is 0.481 e. The van der Waals surface area contributed by atoms with Crippen molar-refractivity contribution in [1.29, 1.82) is 5.26 Å². The van der Waals surface area contributed by atoms with Gasteiger partial charge < -0.3 is 19.5 Å². The number of hydrogen-bond acceptors (Lipinski definition) is 10. The number of carboxylic acid groups (broad SMARTS) is 1. The number of thiazole rings is 1. The summed E-state index contributed by atoms with van der Waals surface area (Å²) in [5.41, 5.74) is 8.68. The van der Waals surface area contributed by atoms with Crippen molar-refractivity contribution in [3.8, 4) is 39.2 Å². The maximum atomic E-state index is 13.1. The molecule has 11 nitrogen and oxygen atoms in total. The highest BCUT2D eigenvalue weighted by Gasteiger charge is 2.35. The van der Waals surface area contributed by atoms with E-state index >= 15 is 0 Å². The van der Waals surface area contributed by atoms with Gasteiger partial charge in [-0.2, -0.15) is 5.26 Å². The summed E-state index contributed by atoms with van der Waals surface area (Å²) in [6.45, 7) is 10.3. The quantitative estimate of drug-likeness (QED) is 0.197. The van der Waals surface area contributed by atoms with E-state index in [1.807, 2.05) is 41.0 Å². The van der Waals surface area contributed by atoms with Gasteiger partial charge in [-0.15, -0.1) is 11.3 Å². The molecule has 2 N–H and O–H groups in total. The van der Waals surface area contributed by atoms with Crippen LogP contribution < -0.4 is 0 Å². The first-order valence-electron chi connectivity index (χ1n) is 17.7. The van der Waals surface area contributed by atoms with Crippen molar-refractivity contribution in [3.05, 3.63) is 81.4 Å². The van der Waals surface area contributed by atoms with E-state index in [4.69, 9.17) is 14.4 Å². The fourth-order valence-electron chi connectivity index (χ4n) is 7.93. The first kappa shape index (κ1) is 34.2. The zero-order valence-corrected chi connectivity index (χ0v) is 30.3. The van der Waals surface area contributed by atoms with Gasteiger partial charge in [0.05, 0.1) is 42.4 Å². The van der Waals surface area contributed by atoms with Crippen LogP contribution in [0.15, 0.2) is 52.9 Å². The van der Waals surface area contributed by atoms with Crippen LogP contribution in [0.25, 0.3) is 44.3 Å². The smallest absolute Gasteiger partial charge is 0.307 e. The standard InChI is InChI=1S/C40H40N6O5S/c1-23-28(6-4-8-30(23)37-42-32-15-25(14-27(16-41)36(32)51-37)17-44-12-10-26(18-44)39(48)49)29-7-5-9-31(24(29)2)38-43-33-19-46(20-34(33)52-38)35(47)21-45-13-11-40(3,50)22-45/h4-9,14-15,26,50H,10-13,17-22H2,1-3H3,(H,48,49). The van der Waals surface area contributed by atoms with Gasteiger partial charge in [0.25, 0.3) is 0 Å². The van der Waals surface area contributed by atoms with Crippen LogP contribution in [0.1, 0.15) is 52.6 Å². The van der Waals surface area contributed by atoms with Crippen LogP contribution in [0.5, 0.6) is 0 Å². The highest BCUT2D eigenvalue weighted by atomic mass is 32.1. The van der Waals surface area contributed by atoms with E-state index < -0.39 is 11.6 Å². The number of aliphatic carboxylic acids is 1. The van der Waals surface area contributed by atoms with Crippen LogP contribution in [0.2, 0.25) is 0 Å². The second-order valence-electron chi connectivity index (χ2n) is 14.7. The molecule has 1 amide bonds. The molecule has 2 unspecified atom stereocenters. The van der Waals surface area contributed by atoms with Crippen LogP contribution in [-0.4, -0.2) is 85.1 Å². The van der Waals surface area contributed by atoms with Crippen molar-refractivity contribution in [2.75, 3.05) is 32.7 Å². The minimum absolute atomic E-state index is 0.0685. The van der Waals surface area contributed by atoms with E-state index in [-0.39, 0.29) is 11.8 Å². The predicted molar refractivity (Wildman–Crippen MR) is 197 cm³/mol. The van der Waals surface area contributed by atoms with E-state index in [1.54, 1.807) is 11.3 Å². The Kier molecular flexibility index (Phi) is 8.70. The molecule has 0 aliphatic carbocycles. The fraction of sp³-hybridized carbons (Fsp3) is 0.375. The molecule has 2 aromatic heterocycles. The van der Waals surface area contributed by atoms with Crippen molar-refractivity contribution < 1.29 is 24.2 Å². The number of rotatable bonds is 8. The molecule has 0 bridgehead atoms. The van der Waals surface area contributed by atoms with E-state index in [1.165, 1.54) is 0 Å². The zero-order valence-electron chi connectivity index (χ0n) is 29.5. The molecule has 5 heterocycles. The number of likely N-dealkylation sites (tertiary alicyclic amines) is 2. The van der Waals surface area contributed by atoms with Crippen LogP contribution >= 0.6 is 11.3 Å². The van der Waals surface area contributed by atoms with Crippen molar-refractivity contribution in [2.45, 2.75) is 58.8 Å². The number of nitrogens with zero attached hydrogens (tertiary/aromatic N) is 6. The maximum Gasteiger partial charge on any atom is 0.307 e. The highest BCUT2D eigenvalue weighted by Crippen LogP contribution is 2.40. The molecule has 3 aromatic carbocycles. The van der Waals surface area contributed by atoms with E-state index in [2.05, 4.69) is 49.1 Å². The van der Waals surface area contributed by atoms with Crippen molar-refractivity contribution in [1.82, 2.24) is 24.7 Å². The average molecular weight is 717 g/mol. The summed E-state index contributed by atoms with van der Waals surface area (Å²) in [6.07, 6.45) is 1.30. The lowest BCUT2D eigenvalue weighted by atomic mass is 9.91. The molecule has 3 aliphatic rings. The summed E-state index contributed by atoms with van der Waals surface area (Å²) < 4.78 is 6.28. The summed E-state index contributed by atoms with van der Waals surface area (Å²) in [5.74, 6) is -0.627. The van der Waals surface area contributed by atoms with Gasteiger partial charge in [-0.1, -0.05) is 30.3 Å². The Labute approximate surface area is 305 Å². The first-order valence-corrected chi connectivity index (χ1v) is 18.5. The molecule has 52 heavy (non-hydrogen) atoms. The molecule has 0 spiro atoms. The number of nitriles is 1. The Balaban J connectivity index is 1.03. The normalized spacial score (nSPS) is 20.5. The number of carbonyl (C=O) groups is 2.